The number of fused-ring (bicyclic) bond motifs is 1. The number of aromatic nitrogens is 2. The van der Waals surface area contributed by atoms with Gasteiger partial charge in [-0.1, -0.05) is 24.3 Å². The van der Waals surface area contributed by atoms with Crippen molar-refractivity contribution in [2.75, 3.05) is 25.5 Å². The summed E-state index contributed by atoms with van der Waals surface area (Å²) in [5, 5.41) is 7.80. The molecule has 0 radical (unpaired) electrons. The standard InChI is InChI=1S/C21H22N6O/c1-23-9-13-4-2-5-14(8-13)17-10-24-11-18(17)27-21-16-7-3-6-15(20(22)28)19(16)25-12-26-21/h2-9,12,17-18,24H,10-11H2,1H3,(H2,22,28)(H,25,26,27)/t17-,18+/m0/s1. The van der Waals surface area contributed by atoms with Crippen LogP contribution in [0, 0.1) is 0 Å². The van der Waals surface area contributed by atoms with Gasteiger partial charge < -0.3 is 16.4 Å². The monoisotopic (exact) mass is 374 g/mol. The Morgan fingerprint density at radius 1 is 1.25 bits per heavy atom. The van der Waals surface area contributed by atoms with E-state index in [1.54, 1.807) is 19.2 Å². The van der Waals surface area contributed by atoms with E-state index in [9.17, 15) is 4.79 Å². The van der Waals surface area contributed by atoms with E-state index in [4.69, 9.17) is 5.73 Å². The predicted molar refractivity (Wildman–Crippen MR) is 111 cm³/mol. The van der Waals surface area contributed by atoms with E-state index in [0.717, 1.165) is 24.0 Å². The lowest BCUT2D eigenvalue weighted by Crippen LogP contribution is -2.28. The zero-order chi connectivity index (χ0) is 19.5. The minimum Gasteiger partial charge on any atom is -0.366 e. The molecule has 0 aliphatic carbocycles. The second-order valence-corrected chi connectivity index (χ2v) is 6.86. The minimum atomic E-state index is -0.495. The summed E-state index contributed by atoms with van der Waals surface area (Å²) in [7, 11) is 1.77. The van der Waals surface area contributed by atoms with Gasteiger partial charge in [0.05, 0.1) is 11.1 Å². The molecule has 7 nitrogen and oxygen atoms in total. The molecule has 28 heavy (non-hydrogen) atoms. The molecule has 3 aromatic rings. The van der Waals surface area contributed by atoms with Crippen LogP contribution < -0.4 is 16.4 Å². The maximum atomic E-state index is 11.7. The fraction of sp³-hybridized carbons (Fsp3) is 0.238. The lowest BCUT2D eigenvalue weighted by molar-refractivity contribution is 0.100. The summed E-state index contributed by atoms with van der Waals surface area (Å²) < 4.78 is 0. The highest BCUT2D eigenvalue weighted by atomic mass is 16.1. The summed E-state index contributed by atoms with van der Waals surface area (Å²) in [6.45, 7) is 1.69. The van der Waals surface area contributed by atoms with Crippen molar-refractivity contribution in [2.45, 2.75) is 12.0 Å². The third-order valence-electron chi connectivity index (χ3n) is 5.08. The number of rotatable bonds is 5. The van der Waals surface area contributed by atoms with Gasteiger partial charge in [0.1, 0.15) is 12.1 Å². The van der Waals surface area contributed by atoms with Gasteiger partial charge in [0, 0.05) is 43.7 Å². The number of nitrogens with one attached hydrogen (secondary N) is 2. The number of benzene rings is 2. The number of anilines is 1. The Labute approximate surface area is 163 Å². The average Bonchev–Trinajstić information content (AvgIpc) is 3.16. The van der Waals surface area contributed by atoms with E-state index in [0.29, 0.717) is 16.9 Å². The number of amides is 1. The Kier molecular flexibility index (Phi) is 4.99. The summed E-state index contributed by atoms with van der Waals surface area (Å²) in [5.41, 5.74) is 8.79. The molecule has 7 heteroatoms. The predicted octanol–water partition coefficient (Wildman–Crippen LogP) is 1.94. The third kappa shape index (κ3) is 3.44. The van der Waals surface area contributed by atoms with Gasteiger partial charge in [0.15, 0.2) is 0 Å². The maximum Gasteiger partial charge on any atom is 0.250 e. The molecule has 2 atom stereocenters. The van der Waals surface area contributed by atoms with Crippen molar-refractivity contribution in [3.63, 3.8) is 0 Å². The van der Waals surface area contributed by atoms with E-state index < -0.39 is 5.91 Å². The fourth-order valence-electron chi connectivity index (χ4n) is 3.78. The number of primary amides is 1. The molecule has 2 heterocycles. The molecule has 0 unspecified atom stereocenters. The van der Waals surface area contributed by atoms with Crippen molar-refractivity contribution >= 4 is 28.8 Å². The maximum absolute atomic E-state index is 11.7. The lowest BCUT2D eigenvalue weighted by atomic mass is 9.93. The van der Waals surface area contributed by atoms with Crippen molar-refractivity contribution < 1.29 is 4.79 Å². The Morgan fingerprint density at radius 2 is 2.11 bits per heavy atom. The SMILES string of the molecule is CN=Cc1cccc([C@@H]2CNC[C@H]2Nc2ncnc3c(C(N)=O)cccc23)c1. The molecule has 0 saturated carbocycles. The average molecular weight is 374 g/mol. The van der Waals surface area contributed by atoms with Gasteiger partial charge in [-0.25, -0.2) is 9.97 Å². The molecule has 1 aliphatic heterocycles. The van der Waals surface area contributed by atoms with Gasteiger partial charge in [0.25, 0.3) is 5.91 Å². The van der Waals surface area contributed by atoms with Crippen LogP contribution in [0.3, 0.4) is 0 Å². The van der Waals surface area contributed by atoms with Gasteiger partial charge in [-0.05, 0) is 29.3 Å². The highest BCUT2D eigenvalue weighted by Gasteiger charge is 2.29. The smallest absolute Gasteiger partial charge is 0.250 e. The van der Waals surface area contributed by atoms with E-state index in [2.05, 4.69) is 43.8 Å². The number of hydrogen-bond acceptors (Lipinski definition) is 6. The summed E-state index contributed by atoms with van der Waals surface area (Å²) >= 11 is 0. The van der Waals surface area contributed by atoms with E-state index in [1.165, 1.54) is 11.9 Å². The van der Waals surface area contributed by atoms with E-state index >= 15 is 0 Å². The Balaban J connectivity index is 1.66. The fourth-order valence-corrected chi connectivity index (χ4v) is 3.78. The van der Waals surface area contributed by atoms with Crippen molar-refractivity contribution in [3.8, 4) is 0 Å². The van der Waals surface area contributed by atoms with Crippen molar-refractivity contribution in [1.82, 2.24) is 15.3 Å². The first-order valence-corrected chi connectivity index (χ1v) is 9.20. The molecule has 1 fully saturated rings. The normalized spacial score (nSPS) is 19.3. The molecular weight excluding hydrogens is 352 g/mol. The highest BCUT2D eigenvalue weighted by molar-refractivity contribution is 6.06. The number of para-hydroxylation sites is 1. The molecule has 1 aliphatic rings. The first kappa shape index (κ1) is 18.1. The van der Waals surface area contributed by atoms with Crippen LogP contribution in [-0.2, 0) is 0 Å². The molecule has 2 aromatic carbocycles. The topological polar surface area (TPSA) is 105 Å². The summed E-state index contributed by atoms with van der Waals surface area (Å²) in [6.07, 6.45) is 3.32. The molecule has 1 aromatic heterocycles. The van der Waals surface area contributed by atoms with E-state index in [1.807, 2.05) is 18.3 Å². The molecule has 142 valence electrons. The van der Waals surface area contributed by atoms with Crippen LogP contribution in [0.5, 0.6) is 0 Å². The molecule has 4 rings (SSSR count). The highest BCUT2D eigenvalue weighted by Crippen LogP contribution is 2.28. The second kappa shape index (κ2) is 7.74. The molecule has 4 N–H and O–H groups in total. The number of aliphatic imine (C=N–C) groups is 1. The first-order chi connectivity index (χ1) is 13.7. The van der Waals surface area contributed by atoms with Crippen LogP contribution in [0.25, 0.3) is 10.9 Å². The minimum absolute atomic E-state index is 0.157. The number of nitrogens with zero attached hydrogens (tertiary/aromatic N) is 3. The zero-order valence-corrected chi connectivity index (χ0v) is 15.6. The first-order valence-electron chi connectivity index (χ1n) is 9.20. The lowest BCUT2D eigenvalue weighted by Gasteiger charge is -2.22. The number of hydrogen-bond donors (Lipinski definition) is 3. The molecule has 0 spiro atoms. The van der Waals surface area contributed by atoms with Crippen molar-refractivity contribution in [2.24, 2.45) is 10.7 Å². The Bertz CT molecular complexity index is 1050. The number of carbonyl (C=O) groups is 1. The van der Waals surface area contributed by atoms with Gasteiger partial charge in [0.2, 0.25) is 0 Å². The third-order valence-corrected chi connectivity index (χ3v) is 5.08. The number of carbonyl (C=O) groups excluding carboxylic acids is 1. The van der Waals surface area contributed by atoms with Gasteiger partial charge >= 0.3 is 0 Å². The Hall–Kier alpha value is -3.32. The van der Waals surface area contributed by atoms with Gasteiger partial charge in [-0.2, -0.15) is 0 Å². The molecule has 0 bridgehead atoms. The van der Waals surface area contributed by atoms with Crippen LogP contribution in [-0.4, -0.2) is 48.3 Å². The van der Waals surface area contributed by atoms with Crippen LogP contribution >= 0.6 is 0 Å². The second-order valence-electron chi connectivity index (χ2n) is 6.86. The quantitative estimate of drug-likeness (QED) is 0.592. The largest absolute Gasteiger partial charge is 0.366 e. The summed E-state index contributed by atoms with van der Waals surface area (Å²) in [4.78, 5) is 24.5. The summed E-state index contributed by atoms with van der Waals surface area (Å²) in [6, 6.07) is 14.0. The van der Waals surface area contributed by atoms with E-state index in [-0.39, 0.29) is 12.0 Å². The van der Waals surface area contributed by atoms with Gasteiger partial charge in [-0.15, -0.1) is 0 Å². The zero-order valence-electron chi connectivity index (χ0n) is 15.6. The van der Waals surface area contributed by atoms with Crippen LogP contribution in [0.15, 0.2) is 53.8 Å². The number of nitrogens with two attached hydrogens (primary N) is 1. The Morgan fingerprint density at radius 3 is 2.93 bits per heavy atom. The molecule has 1 amide bonds. The summed E-state index contributed by atoms with van der Waals surface area (Å²) in [5.74, 6) is 0.498. The van der Waals surface area contributed by atoms with Crippen molar-refractivity contribution in [3.05, 3.63) is 65.5 Å². The van der Waals surface area contributed by atoms with Crippen LogP contribution in [0.1, 0.15) is 27.4 Å². The van der Waals surface area contributed by atoms with Crippen molar-refractivity contribution in [1.29, 1.82) is 0 Å². The molecular formula is C21H22N6O. The van der Waals surface area contributed by atoms with Gasteiger partial charge in [-0.3, -0.25) is 9.79 Å². The molecule has 1 saturated heterocycles. The van der Waals surface area contributed by atoms with Crippen LogP contribution in [0.4, 0.5) is 5.82 Å². The van der Waals surface area contributed by atoms with Crippen LogP contribution in [0.2, 0.25) is 0 Å².